The smallest absolute Gasteiger partial charge is 0.352 e. The minimum absolute atomic E-state index is 0.173. The van der Waals surface area contributed by atoms with E-state index in [1.165, 1.54) is 23.5 Å². The molecule has 0 aliphatic carbocycles. The largest absolute Gasteiger partial charge is 0.454 e. The average molecular weight is 350 g/mol. The molecular formula is C14H11FN4O2S2. The lowest BCUT2D eigenvalue weighted by atomic mass is 10.2. The fourth-order valence-corrected chi connectivity index (χ4v) is 3.86. The van der Waals surface area contributed by atoms with Crippen molar-refractivity contribution < 1.29 is 13.9 Å². The van der Waals surface area contributed by atoms with Crippen LogP contribution < -0.4 is 4.90 Å². The summed E-state index contributed by atoms with van der Waals surface area (Å²) in [5.41, 5.74) is 1.36. The Balaban J connectivity index is 1.40. The van der Waals surface area contributed by atoms with Crippen molar-refractivity contribution in [3.63, 3.8) is 0 Å². The molecule has 23 heavy (non-hydrogen) atoms. The maximum Gasteiger partial charge on any atom is 0.352 e. The number of ether oxygens (including phenoxy) is 1. The number of anilines is 1. The molecule has 2 aromatic heterocycles. The molecule has 0 amide bonds. The molecule has 3 aromatic rings. The van der Waals surface area contributed by atoms with Crippen molar-refractivity contribution in [3.8, 4) is 0 Å². The van der Waals surface area contributed by atoms with Crippen LogP contribution in [0.2, 0.25) is 0 Å². The number of carbonyl (C=O) groups excluding carboxylic acids is 1. The van der Waals surface area contributed by atoms with Gasteiger partial charge in [0.2, 0.25) is 0 Å². The number of nitrogens with zero attached hydrogens (tertiary/aromatic N) is 4. The predicted octanol–water partition coefficient (Wildman–Crippen LogP) is 2.64. The van der Waals surface area contributed by atoms with Crippen LogP contribution in [0.4, 0.5) is 9.52 Å². The molecule has 0 atom stereocenters. The van der Waals surface area contributed by atoms with Crippen molar-refractivity contribution in [2.45, 2.75) is 13.0 Å². The Morgan fingerprint density at radius 1 is 1.43 bits per heavy atom. The molecule has 1 aromatic carbocycles. The second-order valence-corrected chi connectivity index (χ2v) is 6.99. The normalized spacial score (nSPS) is 15.0. The van der Waals surface area contributed by atoms with Gasteiger partial charge in [0.05, 0.1) is 29.0 Å². The van der Waals surface area contributed by atoms with Gasteiger partial charge in [0.15, 0.2) is 10.0 Å². The predicted molar refractivity (Wildman–Crippen MR) is 85.6 cm³/mol. The third-order valence-electron chi connectivity index (χ3n) is 3.57. The maximum atomic E-state index is 13.2. The summed E-state index contributed by atoms with van der Waals surface area (Å²) in [7, 11) is 0. The Labute approximate surface area is 138 Å². The SMILES string of the molecule is Cc1nnsc1C(=O)OC1CN(c2nc3ccc(F)cc3s2)C1. The third-order valence-corrected chi connectivity index (χ3v) is 5.46. The van der Waals surface area contributed by atoms with Crippen molar-refractivity contribution in [2.24, 2.45) is 0 Å². The third kappa shape index (κ3) is 2.66. The number of benzene rings is 1. The molecule has 0 saturated carbocycles. The van der Waals surface area contributed by atoms with Gasteiger partial charge in [0, 0.05) is 0 Å². The molecule has 9 heteroatoms. The lowest BCUT2D eigenvalue weighted by Crippen LogP contribution is -2.53. The highest BCUT2D eigenvalue weighted by molar-refractivity contribution is 7.22. The molecular weight excluding hydrogens is 339 g/mol. The standard InChI is InChI=1S/C14H11FN4O2S2/c1-7-12(23-18-17-7)13(20)21-9-5-19(6-9)14-16-10-3-2-8(15)4-11(10)22-14/h2-4,9H,5-6H2,1H3. The maximum absolute atomic E-state index is 13.2. The molecule has 4 rings (SSSR count). The molecule has 1 saturated heterocycles. The number of hydrogen-bond donors (Lipinski definition) is 0. The van der Waals surface area contributed by atoms with Gasteiger partial charge in [-0.1, -0.05) is 15.8 Å². The highest BCUT2D eigenvalue weighted by Gasteiger charge is 2.33. The van der Waals surface area contributed by atoms with Crippen LogP contribution in [0.5, 0.6) is 0 Å². The monoisotopic (exact) mass is 350 g/mol. The summed E-state index contributed by atoms with van der Waals surface area (Å²) < 4.78 is 23.2. The highest BCUT2D eigenvalue weighted by atomic mass is 32.1. The molecule has 1 fully saturated rings. The summed E-state index contributed by atoms with van der Waals surface area (Å²) in [5, 5.41) is 4.61. The van der Waals surface area contributed by atoms with Crippen molar-refractivity contribution >= 4 is 44.2 Å². The van der Waals surface area contributed by atoms with E-state index >= 15 is 0 Å². The Morgan fingerprint density at radius 3 is 3.00 bits per heavy atom. The van der Waals surface area contributed by atoms with E-state index in [1.54, 1.807) is 13.0 Å². The number of fused-ring (bicyclic) bond motifs is 1. The summed E-state index contributed by atoms with van der Waals surface area (Å²) in [6.45, 7) is 2.89. The Hall–Kier alpha value is -2.13. The summed E-state index contributed by atoms with van der Waals surface area (Å²) in [5.74, 6) is -0.648. The molecule has 0 N–H and O–H groups in total. The highest BCUT2D eigenvalue weighted by Crippen LogP contribution is 2.32. The lowest BCUT2D eigenvalue weighted by molar-refractivity contribution is 0.0239. The van der Waals surface area contributed by atoms with E-state index in [9.17, 15) is 9.18 Å². The number of rotatable bonds is 3. The van der Waals surface area contributed by atoms with E-state index in [0.717, 1.165) is 26.9 Å². The molecule has 0 unspecified atom stereocenters. The first kappa shape index (κ1) is 14.5. The van der Waals surface area contributed by atoms with E-state index in [1.807, 2.05) is 4.90 Å². The summed E-state index contributed by atoms with van der Waals surface area (Å²) >= 11 is 2.47. The minimum atomic E-state index is -0.381. The van der Waals surface area contributed by atoms with Crippen LogP contribution in [0.15, 0.2) is 18.2 Å². The van der Waals surface area contributed by atoms with Crippen LogP contribution in [0.25, 0.3) is 10.2 Å². The molecule has 1 aliphatic rings. The number of halogens is 1. The zero-order valence-electron chi connectivity index (χ0n) is 12.0. The van der Waals surface area contributed by atoms with Crippen LogP contribution in [0.1, 0.15) is 15.4 Å². The van der Waals surface area contributed by atoms with Gasteiger partial charge in [-0.05, 0) is 36.7 Å². The minimum Gasteiger partial charge on any atom is -0.454 e. The van der Waals surface area contributed by atoms with Gasteiger partial charge in [-0.2, -0.15) is 0 Å². The summed E-state index contributed by atoms with van der Waals surface area (Å²) in [4.78, 5) is 18.9. The second kappa shape index (κ2) is 5.50. The van der Waals surface area contributed by atoms with Gasteiger partial charge in [0.1, 0.15) is 11.9 Å². The van der Waals surface area contributed by atoms with Crippen molar-refractivity contribution in [1.82, 2.24) is 14.6 Å². The Kier molecular flexibility index (Phi) is 3.46. The van der Waals surface area contributed by atoms with Gasteiger partial charge < -0.3 is 9.64 Å². The van der Waals surface area contributed by atoms with E-state index in [2.05, 4.69) is 14.6 Å². The second-order valence-electron chi connectivity index (χ2n) is 5.23. The van der Waals surface area contributed by atoms with Gasteiger partial charge in [0.25, 0.3) is 0 Å². The number of esters is 1. The van der Waals surface area contributed by atoms with E-state index in [-0.39, 0.29) is 17.9 Å². The molecule has 0 spiro atoms. The van der Waals surface area contributed by atoms with E-state index in [0.29, 0.717) is 23.7 Å². The quantitative estimate of drug-likeness (QED) is 0.677. The number of hydrogen-bond acceptors (Lipinski definition) is 8. The molecule has 6 nitrogen and oxygen atoms in total. The van der Waals surface area contributed by atoms with Gasteiger partial charge in [-0.3, -0.25) is 0 Å². The topological polar surface area (TPSA) is 68.2 Å². The Morgan fingerprint density at radius 2 is 2.26 bits per heavy atom. The van der Waals surface area contributed by atoms with E-state index < -0.39 is 0 Å². The zero-order chi connectivity index (χ0) is 16.0. The molecule has 3 heterocycles. The fraction of sp³-hybridized carbons (Fsp3) is 0.286. The number of carbonyl (C=O) groups is 1. The molecule has 118 valence electrons. The van der Waals surface area contributed by atoms with E-state index in [4.69, 9.17) is 4.74 Å². The fourth-order valence-electron chi connectivity index (χ4n) is 2.31. The van der Waals surface area contributed by atoms with Crippen LogP contribution in [-0.2, 0) is 4.74 Å². The zero-order valence-corrected chi connectivity index (χ0v) is 13.7. The van der Waals surface area contributed by atoms with Gasteiger partial charge in [-0.25, -0.2) is 14.2 Å². The lowest BCUT2D eigenvalue weighted by Gasteiger charge is -2.37. The summed E-state index contributed by atoms with van der Waals surface area (Å²) in [6.07, 6.45) is -0.173. The molecule has 0 radical (unpaired) electrons. The number of aryl methyl sites for hydroxylation is 1. The van der Waals surface area contributed by atoms with Crippen molar-refractivity contribution in [1.29, 1.82) is 0 Å². The Bertz CT molecular complexity index is 888. The average Bonchev–Trinajstić information content (AvgIpc) is 3.07. The van der Waals surface area contributed by atoms with Gasteiger partial charge in [-0.15, -0.1) is 5.10 Å². The number of aromatic nitrogens is 3. The first-order valence-corrected chi connectivity index (χ1v) is 8.50. The van der Waals surface area contributed by atoms with Crippen LogP contribution in [0, 0.1) is 12.7 Å². The van der Waals surface area contributed by atoms with Crippen molar-refractivity contribution in [3.05, 3.63) is 34.6 Å². The number of thiazole rings is 1. The van der Waals surface area contributed by atoms with Crippen molar-refractivity contribution in [2.75, 3.05) is 18.0 Å². The molecule has 0 bridgehead atoms. The first-order valence-electron chi connectivity index (χ1n) is 6.91. The van der Waals surface area contributed by atoms with Crippen LogP contribution in [0.3, 0.4) is 0 Å². The first-order chi connectivity index (χ1) is 11.1. The van der Waals surface area contributed by atoms with Crippen LogP contribution in [-0.4, -0.2) is 39.7 Å². The van der Waals surface area contributed by atoms with Crippen LogP contribution >= 0.6 is 22.9 Å². The van der Waals surface area contributed by atoms with Gasteiger partial charge >= 0.3 is 5.97 Å². The summed E-state index contributed by atoms with van der Waals surface area (Å²) in [6, 6.07) is 4.55. The molecule has 1 aliphatic heterocycles.